The smallest absolute Gasteiger partial charge is 0.152 e. The number of halogens is 1. The summed E-state index contributed by atoms with van der Waals surface area (Å²) < 4.78 is 0. The molecular weight excluding hydrogens is 226 g/mol. The second-order valence-electron chi connectivity index (χ2n) is 4.01. The standard InChI is InChI=1S/C12H14ClNO2/c13-11-3-1-2-9(8-15)12(11)14-6-4-10(16)5-7-14/h1-3,8,10,16H,4-7H2. The second-order valence-corrected chi connectivity index (χ2v) is 4.42. The summed E-state index contributed by atoms with van der Waals surface area (Å²) in [5.41, 5.74) is 1.41. The van der Waals surface area contributed by atoms with Crippen LogP contribution in [0.3, 0.4) is 0 Å². The maximum absolute atomic E-state index is 11.0. The Morgan fingerprint density at radius 1 is 1.38 bits per heavy atom. The number of aliphatic hydroxyl groups excluding tert-OH is 1. The first-order valence-electron chi connectivity index (χ1n) is 5.39. The van der Waals surface area contributed by atoms with E-state index in [-0.39, 0.29) is 6.10 Å². The maximum Gasteiger partial charge on any atom is 0.152 e. The molecule has 1 aliphatic heterocycles. The van der Waals surface area contributed by atoms with Gasteiger partial charge in [0.15, 0.2) is 6.29 Å². The van der Waals surface area contributed by atoms with Crippen molar-refractivity contribution in [3.05, 3.63) is 28.8 Å². The van der Waals surface area contributed by atoms with E-state index < -0.39 is 0 Å². The molecule has 1 saturated heterocycles. The number of benzene rings is 1. The van der Waals surface area contributed by atoms with E-state index in [4.69, 9.17) is 11.6 Å². The Hall–Kier alpha value is -1.06. The third-order valence-corrected chi connectivity index (χ3v) is 3.23. The number of carbonyl (C=O) groups is 1. The predicted octanol–water partition coefficient (Wildman–Crippen LogP) is 2.11. The lowest BCUT2D eigenvalue weighted by Crippen LogP contribution is -2.36. The Bertz CT molecular complexity index is 387. The molecule has 0 amide bonds. The minimum absolute atomic E-state index is 0.224. The summed E-state index contributed by atoms with van der Waals surface area (Å²) in [5.74, 6) is 0. The van der Waals surface area contributed by atoms with Crippen LogP contribution < -0.4 is 4.90 Å². The van der Waals surface area contributed by atoms with Gasteiger partial charge in [-0.05, 0) is 25.0 Å². The Morgan fingerprint density at radius 3 is 2.69 bits per heavy atom. The Balaban J connectivity index is 2.28. The summed E-state index contributed by atoms with van der Waals surface area (Å²) in [6.45, 7) is 1.48. The lowest BCUT2D eigenvalue weighted by atomic mass is 10.1. The fraction of sp³-hybridized carbons (Fsp3) is 0.417. The molecule has 4 heteroatoms. The fourth-order valence-corrected chi connectivity index (χ4v) is 2.35. The number of aldehydes is 1. The van der Waals surface area contributed by atoms with Crippen molar-refractivity contribution in [3.63, 3.8) is 0 Å². The number of anilines is 1. The van der Waals surface area contributed by atoms with Gasteiger partial charge in [0.25, 0.3) is 0 Å². The summed E-state index contributed by atoms with van der Waals surface area (Å²) >= 11 is 6.11. The lowest BCUT2D eigenvalue weighted by Gasteiger charge is -2.32. The van der Waals surface area contributed by atoms with E-state index >= 15 is 0 Å². The van der Waals surface area contributed by atoms with E-state index in [2.05, 4.69) is 4.90 Å². The van der Waals surface area contributed by atoms with Gasteiger partial charge in [-0.25, -0.2) is 0 Å². The van der Waals surface area contributed by atoms with Crippen LogP contribution in [-0.2, 0) is 0 Å². The van der Waals surface area contributed by atoms with Crippen LogP contribution in [-0.4, -0.2) is 30.6 Å². The van der Waals surface area contributed by atoms with Crippen LogP contribution >= 0.6 is 11.6 Å². The van der Waals surface area contributed by atoms with Crippen LogP contribution in [0.15, 0.2) is 18.2 Å². The van der Waals surface area contributed by atoms with Crippen molar-refractivity contribution in [2.75, 3.05) is 18.0 Å². The highest BCUT2D eigenvalue weighted by molar-refractivity contribution is 6.33. The third-order valence-electron chi connectivity index (χ3n) is 2.93. The van der Waals surface area contributed by atoms with Crippen LogP contribution in [0.25, 0.3) is 0 Å². The largest absolute Gasteiger partial charge is 0.393 e. The Labute approximate surface area is 99.6 Å². The number of hydrogen-bond donors (Lipinski definition) is 1. The summed E-state index contributed by atoms with van der Waals surface area (Å²) in [6, 6.07) is 5.32. The predicted molar refractivity (Wildman–Crippen MR) is 64.3 cm³/mol. The molecule has 1 aliphatic rings. The van der Waals surface area contributed by atoms with Crippen molar-refractivity contribution in [2.24, 2.45) is 0 Å². The highest BCUT2D eigenvalue weighted by atomic mass is 35.5. The Morgan fingerprint density at radius 2 is 2.06 bits per heavy atom. The first kappa shape index (κ1) is 11.4. The van der Waals surface area contributed by atoms with Crippen molar-refractivity contribution in [1.29, 1.82) is 0 Å². The van der Waals surface area contributed by atoms with Crippen LogP contribution in [0.2, 0.25) is 5.02 Å². The molecule has 0 aliphatic carbocycles. The Kier molecular flexibility index (Phi) is 3.46. The van der Waals surface area contributed by atoms with Crippen LogP contribution in [0.1, 0.15) is 23.2 Å². The summed E-state index contributed by atoms with van der Waals surface area (Å²) in [4.78, 5) is 13.0. The topological polar surface area (TPSA) is 40.5 Å². The summed E-state index contributed by atoms with van der Waals surface area (Å²) in [6.07, 6.45) is 2.05. The minimum atomic E-state index is -0.224. The zero-order chi connectivity index (χ0) is 11.5. The zero-order valence-electron chi connectivity index (χ0n) is 8.90. The number of para-hydroxylation sites is 1. The average Bonchev–Trinajstić information content (AvgIpc) is 2.30. The van der Waals surface area contributed by atoms with Crippen molar-refractivity contribution < 1.29 is 9.90 Å². The van der Waals surface area contributed by atoms with Crippen LogP contribution in [0.4, 0.5) is 5.69 Å². The molecule has 2 rings (SSSR count). The van der Waals surface area contributed by atoms with Gasteiger partial charge in [0.1, 0.15) is 0 Å². The number of rotatable bonds is 2. The summed E-state index contributed by atoms with van der Waals surface area (Å²) in [7, 11) is 0. The highest BCUT2D eigenvalue weighted by Gasteiger charge is 2.20. The zero-order valence-corrected chi connectivity index (χ0v) is 9.65. The van der Waals surface area contributed by atoms with Gasteiger partial charge < -0.3 is 10.0 Å². The molecule has 0 aromatic heterocycles. The molecule has 0 radical (unpaired) electrons. The number of hydrogen-bond acceptors (Lipinski definition) is 3. The van der Waals surface area contributed by atoms with Gasteiger partial charge in [0, 0.05) is 18.7 Å². The average molecular weight is 240 g/mol. The van der Waals surface area contributed by atoms with Gasteiger partial charge in [0.05, 0.1) is 16.8 Å². The molecule has 1 aromatic carbocycles. The molecule has 3 nitrogen and oxygen atoms in total. The first-order chi connectivity index (χ1) is 7.72. The summed E-state index contributed by atoms with van der Waals surface area (Å²) in [5, 5.41) is 10.0. The molecule has 1 aromatic rings. The molecule has 86 valence electrons. The third kappa shape index (κ3) is 2.20. The molecule has 1 N–H and O–H groups in total. The van der Waals surface area contributed by atoms with Gasteiger partial charge in [-0.15, -0.1) is 0 Å². The van der Waals surface area contributed by atoms with Gasteiger partial charge in [0.2, 0.25) is 0 Å². The molecule has 0 bridgehead atoms. The van der Waals surface area contributed by atoms with Gasteiger partial charge in [-0.3, -0.25) is 4.79 Å². The van der Waals surface area contributed by atoms with Crippen molar-refractivity contribution in [3.8, 4) is 0 Å². The molecule has 1 fully saturated rings. The monoisotopic (exact) mass is 239 g/mol. The molecule has 0 saturated carbocycles. The molecular formula is C12H14ClNO2. The van der Waals surface area contributed by atoms with E-state index in [1.807, 2.05) is 0 Å². The lowest BCUT2D eigenvalue weighted by molar-refractivity contribution is 0.112. The van der Waals surface area contributed by atoms with E-state index in [9.17, 15) is 9.90 Å². The number of piperidine rings is 1. The van der Waals surface area contributed by atoms with Crippen molar-refractivity contribution in [2.45, 2.75) is 18.9 Å². The maximum atomic E-state index is 11.0. The molecule has 0 spiro atoms. The van der Waals surface area contributed by atoms with Crippen LogP contribution in [0, 0.1) is 0 Å². The van der Waals surface area contributed by atoms with Crippen LogP contribution in [0.5, 0.6) is 0 Å². The van der Waals surface area contributed by atoms with Crippen molar-refractivity contribution in [1.82, 2.24) is 0 Å². The van der Waals surface area contributed by atoms with E-state index in [1.165, 1.54) is 0 Å². The highest BCUT2D eigenvalue weighted by Crippen LogP contribution is 2.31. The van der Waals surface area contributed by atoms with Gasteiger partial charge in [-0.1, -0.05) is 17.7 Å². The van der Waals surface area contributed by atoms with Gasteiger partial charge >= 0.3 is 0 Å². The SMILES string of the molecule is O=Cc1cccc(Cl)c1N1CCC(O)CC1. The molecule has 16 heavy (non-hydrogen) atoms. The molecule has 0 unspecified atom stereocenters. The molecule has 1 heterocycles. The fourth-order valence-electron chi connectivity index (χ4n) is 2.05. The second kappa shape index (κ2) is 4.85. The number of nitrogens with zero attached hydrogens (tertiary/aromatic N) is 1. The van der Waals surface area contributed by atoms with E-state index in [1.54, 1.807) is 18.2 Å². The van der Waals surface area contributed by atoms with E-state index in [0.29, 0.717) is 10.6 Å². The first-order valence-corrected chi connectivity index (χ1v) is 5.77. The normalized spacial score (nSPS) is 17.5. The minimum Gasteiger partial charge on any atom is -0.393 e. The van der Waals surface area contributed by atoms with Gasteiger partial charge in [-0.2, -0.15) is 0 Å². The quantitative estimate of drug-likeness (QED) is 0.804. The van der Waals surface area contributed by atoms with Crippen molar-refractivity contribution >= 4 is 23.6 Å². The number of aliphatic hydroxyl groups is 1. The number of carbonyl (C=O) groups excluding carboxylic acids is 1. The molecule has 0 atom stereocenters. The van der Waals surface area contributed by atoms with E-state index in [0.717, 1.165) is 37.9 Å².